The summed E-state index contributed by atoms with van der Waals surface area (Å²) < 4.78 is 26.5. The molecule has 1 N–H and O–H groups in total. The van der Waals surface area contributed by atoms with E-state index in [4.69, 9.17) is 34.8 Å². The standard InChI is InChI=1S/C28H36Cl3N3O4S/c1-4-25(28(36)32-20-10-5-6-11-20)33(18-21-23(30)13-7-14-24(21)31)27(35)16-9-17-34(39(3,37)38)26-15-8-12-22(29)19(26)2/h7-8,12-15,20,25H,4-6,9-11,16-18H2,1-3H3,(H,32,36)/t25-/m0/s1. The van der Waals surface area contributed by atoms with Gasteiger partial charge in [0.25, 0.3) is 0 Å². The number of benzene rings is 2. The first-order valence-electron chi connectivity index (χ1n) is 13.2. The van der Waals surface area contributed by atoms with E-state index in [0.29, 0.717) is 38.3 Å². The first kappa shape index (κ1) is 31.5. The van der Waals surface area contributed by atoms with Gasteiger partial charge in [0, 0.05) is 46.2 Å². The van der Waals surface area contributed by atoms with Crippen LogP contribution < -0.4 is 9.62 Å². The Morgan fingerprint density at radius 3 is 2.21 bits per heavy atom. The van der Waals surface area contributed by atoms with Crippen molar-refractivity contribution in [1.29, 1.82) is 0 Å². The predicted molar refractivity (Wildman–Crippen MR) is 159 cm³/mol. The minimum atomic E-state index is -3.63. The molecule has 7 nitrogen and oxygen atoms in total. The second-order valence-electron chi connectivity index (χ2n) is 9.96. The Balaban J connectivity index is 1.82. The fourth-order valence-corrected chi connectivity index (χ4v) is 6.69. The first-order chi connectivity index (χ1) is 18.4. The number of hydrogen-bond donors (Lipinski definition) is 1. The molecule has 0 heterocycles. The molecule has 1 atom stereocenters. The van der Waals surface area contributed by atoms with Gasteiger partial charge in [-0.25, -0.2) is 8.42 Å². The van der Waals surface area contributed by atoms with Gasteiger partial charge in [0.05, 0.1) is 11.9 Å². The van der Waals surface area contributed by atoms with Crippen LogP contribution in [-0.2, 0) is 26.2 Å². The molecule has 214 valence electrons. The summed E-state index contributed by atoms with van der Waals surface area (Å²) in [4.78, 5) is 28.5. The van der Waals surface area contributed by atoms with Gasteiger partial charge in [0.15, 0.2) is 0 Å². The van der Waals surface area contributed by atoms with Crippen molar-refractivity contribution >= 4 is 62.3 Å². The molecular formula is C28H36Cl3N3O4S. The molecule has 11 heteroatoms. The van der Waals surface area contributed by atoms with Crippen LogP contribution in [0.25, 0.3) is 0 Å². The van der Waals surface area contributed by atoms with Crippen LogP contribution in [0.15, 0.2) is 36.4 Å². The molecular weight excluding hydrogens is 581 g/mol. The molecule has 2 amide bonds. The van der Waals surface area contributed by atoms with Gasteiger partial charge >= 0.3 is 0 Å². The molecule has 0 aromatic heterocycles. The second kappa shape index (κ2) is 14.1. The molecule has 1 aliphatic carbocycles. The van der Waals surface area contributed by atoms with E-state index in [0.717, 1.165) is 31.9 Å². The maximum Gasteiger partial charge on any atom is 0.243 e. The van der Waals surface area contributed by atoms with E-state index in [1.54, 1.807) is 43.3 Å². The monoisotopic (exact) mass is 615 g/mol. The van der Waals surface area contributed by atoms with E-state index in [2.05, 4.69) is 5.32 Å². The number of anilines is 1. The lowest BCUT2D eigenvalue weighted by atomic mass is 10.1. The van der Waals surface area contributed by atoms with E-state index < -0.39 is 16.1 Å². The largest absolute Gasteiger partial charge is 0.352 e. The summed E-state index contributed by atoms with van der Waals surface area (Å²) in [6.07, 6.45) is 5.80. The highest BCUT2D eigenvalue weighted by molar-refractivity contribution is 7.92. The lowest BCUT2D eigenvalue weighted by Crippen LogP contribution is -2.51. The fourth-order valence-electron chi connectivity index (χ4n) is 4.99. The molecule has 0 spiro atoms. The number of nitrogens with one attached hydrogen (secondary N) is 1. The molecule has 1 saturated carbocycles. The van der Waals surface area contributed by atoms with Gasteiger partial charge in [0.1, 0.15) is 6.04 Å². The average molecular weight is 617 g/mol. The summed E-state index contributed by atoms with van der Waals surface area (Å²) in [6.45, 7) is 3.76. The van der Waals surface area contributed by atoms with E-state index in [1.165, 1.54) is 9.21 Å². The van der Waals surface area contributed by atoms with Crippen LogP contribution in [0.5, 0.6) is 0 Å². The quantitative estimate of drug-likeness (QED) is 0.300. The molecule has 3 rings (SSSR count). The Bertz CT molecular complexity index is 1260. The highest BCUT2D eigenvalue weighted by Crippen LogP contribution is 2.30. The molecule has 0 saturated heterocycles. The number of nitrogens with zero attached hydrogens (tertiary/aromatic N) is 2. The average Bonchev–Trinajstić information content (AvgIpc) is 3.37. The van der Waals surface area contributed by atoms with Crippen molar-refractivity contribution in [2.24, 2.45) is 0 Å². The van der Waals surface area contributed by atoms with E-state index in [1.807, 2.05) is 6.92 Å². The molecule has 1 aliphatic rings. The number of rotatable bonds is 12. The Morgan fingerprint density at radius 2 is 1.62 bits per heavy atom. The van der Waals surface area contributed by atoms with Gasteiger partial charge in [-0.15, -0.1) is 0 Å². The number of carbonyl (C=O) groups is 2. The van der Waals surface area contributed by atoms with Crippen LogP contribution in [0.1, 0.15) is 63.0 Å². The SMILES string of the molecule is CC[C@@H](C(=O)NC1CCCC1)N(Cc1c(Cl)cccc1Cl)C(=O)CCCN(c1cccc(Cl)c1C)S(C)(=O)=O. The second-order valence-corrected chi connectivity index (χ2v) is 13.1. The van der Waals surface area contributed by atoms with Crippen LogP contribution in [0, 0.1) is 6.92 Å². The van der Waals surface area contributed by atoms with Crippen molar-refractivity contribution in [3.8, 4) is 0 Å². The predicted octanol–water partition coefficient (Wildman–Crippen LogP) is 6.37. The molecule has 0 radical (unpaired) electrons. The zero-order valence-corrected chi connectivity index (χ0v) is 25.6. The normalized spacial score (nSPS) is 14.7. The van der Waals surface area contributed by atoms with Crippen molar-refractivity contribution in [3.05, 3.63) is 62.6 Å². The summed E-state index contributed by atoms with van der Waals surface area (Å²) in [5.41, 5.74) is 1.67. The van der Waals surface area contributed by atoms with Crippen LogP contribution >= 0.6 is 34.8 Å². The van der Waals surface area contributed by atoms with Gasteiger partial charge in [-0.1, -0.05) is 66.7 Å². The van der Waals surface area contributed by atoms with Gasteiger partial charge in [-0.05, 0) is 62.4 Å². The summed E-state index contributed by atoms with van der Waals surface area (Å²) in [7, 11) is -3.63. The summed E-state index contributed by atoms with van der Waals surface area (Å²) >= 11 is 19.1. The Labute approximate surface area is 246 Å². The van der Waals surface area contributed by atoms with Crippen LogP contribution in [0.3, 0.4) is 0 Å². The van der Waals surface area contributed by atoms with E-state index in [9.17, 15) is 18.0 Å². The smallest absolute Gasteiger partial charge is 0.243 e. The topological polar surface area (TPSA) is 86.8 Å². The van der Waals surface area contributed by atoms with Crippen LogP contribution in [-0.4, -0.2) is 50.0 Å². The number of carbonyl (C=O) groups excluding carboxylic acids is 2. The summed E-state index contributed by atoms with van der Waals surface area (Å²) in [5, 5.41) is 4.38. The third-order valence-electron chi connectivity index (χ3n) is 7.14. The Morgan fingerprint density at radius 1 is 1.03 bits per heavy atom. The number of sulfonamides is 1. The Kier molecular flexibility index (Phi) is 11.4. The van der Waals surface area contributed by atoms with E-state index >= 15 is 0 Å². The highest BCUT2D eigenvalue weighted by Gasteiger charge is 2.31. The molecule has 0 unspecified atom stereocenters. The number of halogens is 3. The minimum absolute atomic E-state index is 0.0287. The van der Waals surface area contributed by atoms with Gasteiger partial charge in [-0.2, -0.15) is 0 Å². The molecule has 1 fully saturated rings. The van der Waals surface area contributed by atoms with Gasteiger partial charge in [0.2, 0.25) is 21.8 Å². The summed E-state index contributed by atoms with van der Waals surface area (Å²) in [6, 6.07) is 9.59. The third-order valence-corrected chi connectivity index (χ3v) is 9.44. The number of hydrogen-bond acceptors (Lipinski definition) is 4. The lowest BCUT2D eigenvalue weighted by molar-refractivity contribution is -0.141. The number of amides is 2. The summed E-state index contributed by atoms with van der Waals surface area (Å²) in [5.74, 6) is -0.482. The van der Waals surface area contributed by atoms with Gasteiger partial charge in [-0.3, -0.25) is 13.9 Å². The van der Waals surface area contributed by atoms with Gasteiger partial charge < -0.3 is 10.2 Å². The zero-order valence-electron chi connectivity index (χ0n) is 22.6. The van der Waals surface area contributed by atoms with Crippen molar-refractivity contribution in [1.82, 2.24) is 10.2 Å². The molecule has 39 heavy (non-hydrogen) atoms. The molecule has 2 aromatic carbocycles. The minimum Gasteiger partial charge on any atom is -0.352 e. The van der Waals surface area contributed by atoms with Crippen LogP contribution in [0.4, 0.5) is 5.69 Å². The molecule has 0 bridgehead atoms. The Hall–Kier alpha value is -2.00. The molecule has 2 aromatic rings. The first-order valence-corrected chi connectivity index (χ1v) is 16.2. The maximum absolute atomic E-state index is 13.7. The lowest BCUT2D eigenvalue weighted by Gasteiger charge is -2.32. The van der Waals surface area contributed by atoms with Crippen molar-refractivity contribution in [2.75, 3.05) is 17.1 Å². The zero-order chi connectivity index (χ0) is 28.7. The van der Waals surface area contributed by atoms with E-state index in [-0.39, 0.29) is 43.8 Å². The third kappa shape index (κ3) is 8.26. The highest BCUT2D eigenvalue weighted by atomic mass is 35.5. The van der Waals surface area contributed by atoms with Crippen molar-refractivity contribution in [3.63, 3.8) is 0 Å². The maximum atomic E-state index is 13.7. The van der Waals surface area contributed by atoms with Crippen molar-refractivity contribution in [2.45, 2.75) is 77.4 Å². The van der Waals surface area contributed by atoms with Crippen molar-refractivity contribution < 1.29 is 18.0 Å². The molecule has 0 aliphatic heterocycles. The van der Waals surface area contributed by atoms with Crippen LogP contribution in [0.2, 0.25) is 15.1 Å². The fraction of sp³-hybridized carbons (Fsp3) is 0.500.